The molecule has 1 fully saturated rings. The van der Waals surface area contributed by atoms with Crippen LogP contribution in [0.15, 0.2) is 22.9 Å². The van der Waals surface area contributed by atoms with E-state index in [1.54, 1.807) is 18.3 Å². The van der Waals surface area contributed by atoms with Crippen molar-refractivity contribution in [3.63, 3.8) is 0 Å². The summed E-state index contributed by atoms with van der Waals surface area (Å²) in [6.07, 6.45) is 6.19. The molecule has 18 heavy (non-hydrogen) atoms. The minimum Gasteiger partial charge on any atom is -0.349 e. The van der Waals surface area contributed by atoms with E-state index < -0.39 is 0 Å². The normalized spacial score (nSPS) is 22.5. The molecule has 0 aliphatic heterocycles. The third kappa shape index (κ3) is 3.55. The van der Waals surface area contributed by atoms with E-state index in [0.717, 1.165) is 17.4 Å². The highest BCUT2D eigenvalue weighted by atomic mass is 79.9. The van der Waals surface area contributed by atoms with E-state index in [1.807, 2.05) is 0 Å². The Bertz CT molecular complexity index is 428. The van der Waals surface area contributed by atoms with Crippen LogP contribution >= 0.6 is 15.9 Å². The van der Waals surface area contributed by atoms with Gasteiger partial charge < -0.3 is 5.32 Å². The average molecular weight is 311 g/mol. The van der Waals surface area contributed by atoms with Crippen LogP contribution in [0.3, 0.4) is 0 Å². The minimum absolute atomic E-state index is 0.0160. The first-order valence-electron chi connectivity index (χ1n) is 6.39. The first-order valence-corrected chi connectivity index (χ1v) is 7.18. The number of carbonyl (C=O) groups is 1. The molecule has 3 nitrogen and oxygen atoms in total. The Balaban J connectivity index is 1.97. The fourth-order valence-electron chi connectivity index (χ4n) is 2.60. The number of pyridine rings is 1. The molecular weight excluding hydrogens is 292 g/mol. The molecule has 0 saturated heterocycles. The Labute approximate surface area is 117 Å². The molecule has 1 unspecified atom stereocenters. The molecule has 0 spiro atoms. The maximum Gasteiger partial charge on any atom is 0.253 e. The van der Waals surface area contributed by atoms with Crippen molar-refractivity contribution in [2.45, 2.75) is 45.6 Å². The molecule has 0 aromatic carbocycles. The Kier molecular flexibility index (Phi) is 4.05. The zero-order valence-corrected chi connectivity index (χ0v) is 12.5. The van der Waals surface area contributed by atoms with Gasteiger partial charge in [0.25, 0.3) is 5.91 Å². The highest BCUT2D eigenvalue weighted by Crippen LogP contribution is 2.35. The number of halogens is 1. The average Bonchev–Trinajstić information content (AvgIpc) is 2.28. The maximum atomic E-state index is 12.1. The van der Waals surface area contributed by atoms with Gasteiger partial charge in [-0.25, -0.2) is 4.98 Å². The second-order valence-electron chi connectivity index (χ2n) is 5.80. The fourth-order valence-corrected chi connectivity index (χ4v) is 2.83. The number of nitrogens with zero attached hydrogens (tertiary/aromatic N) is 1. The van der Waals surface area contributed by atoms with Crippen LogP contribution in [0.25, 0.3) is 0 Å². The van der Waals surface area contributed by atoms with Crippen LogP contribution in [0.2, 0.25) is 0 Å². The summed E-state index contributed by atoms with van der Waals surface area (Å²) in [5.41, 5.74) is 0.968. The molecular formula is C14H19BrN2O. The van der Waals surface area contributed by atoms with Crippen LogP contribution in [0.4, 0.5) is 0 Å². The molecule has 1 atom stereocenters. The summed E-state index contributed by atoms with van der Waals surface area (Å²) < 4.78 is 0.748. The summed E-state index contributed by atoms with van der Waals surface area (Å²) in [4.78, 5) is 16.1. The van der Waals surface area contributed by atoms with Gasteiger partial charge in [0, 0.05) is 12.2 Å². The van der Waals surface area contributed by atoms with E-state index in [0.29, 0.717) is 17.0 Å². The number of amides is 1. The summed E-state index contributed by atoms with van der Waals surface area (Å²) in [6, 6.07) is 3.88. The molecule has 1 amide bonds. The van der Waals surface area contributed by atoms with Crippen molar-refractivity contribution in [2.24, 2.45) is 5.41 Å². The molecule has 98 valence electrons. The van der Waals surface area contributed by atoms with Gasteiger partial charge in [-0.05, 0) is 52.7 Å². The molecule has 0 bridgehead atoms. The van der Waals surface area contributed by atoms with Crippen molar-refractivity contribution in [3.8, 4) is 0 Å². The van der Waals surface area contributed by atoms with Gasteiger partial charge in [0.1, 0.15) is 4.60 Å². The molecule has 4 heteroatoms. The SMILES string of the molecule is CC1(C)CCCC(NC(=O)c2ccc(Br)nc2)C1. The third-order valence-electron chi connectivity index (χ3n) is 3.53. The van der Waals surface area contributed by atoms with Crippen molar-refractivity contribution >= 4 is 21.8 Å². The van der Waals surface area contributed by atoms with E-state index >= 15 is 0 Å². The van der Waals surface area contributed by atoms with Gasteiger partial charge in [-0.3, -0.25) is 4.79 Å². The lowest BCUT2D eigenvalue weighted by molar-refractivity contribution is 0.0902. The van der Waals surface area contributed by atoms with Gasteiger partial charge in [-0.1, -0.05) is 20.3 Å². The number of hydrogen-bond donors (Lipinski definition) is 1. The van der Waals surface area contributed by atoms with Crippen molar-refractivity contribution in [2.75, 3.05) is 0 Å². The smallest absolute Gasteiger partial charge is 0.253 e. The molecule has 1 saturated carbocycles. The first-order chi connectivity index (χ1) is 8.46. The second kappa shape index (κ2) is 5.39. The number of hydrogen-bond acceptors (Lipinski definition) is 2. The van der Waals surface area contributed by atoms with E-state index in [2.05, 4.69) is 40.1 Å². The Morgan fingerprint density at radius 3 is 2.89 bits per heavy atom. The van der Waals surface area contributed by atoms with Crippen LogP contribution in [-0.2, 0) is 0 Å². The third-order valence-corrected chi connectivity index (χ3v) is 4.00. The molecule has 1 aliphatic rings. The number of rotatable bonds is 2. The Morgan fingerprint density at radius 1 is 1.50 bits per heavy atom. The fraction of sp³-hybridized carbons (Fsp3) is 0.571. The first kappa shape index (κ1) is 13.5. The molecule has 1 N–H and O–H groups in total. The second-order valence-corrected chi connectivity index (χ2v) is 6.61. The number of nitrogens with one attached hydrogen (secondary N) is 1. The van der Waals surface area contributed by atoms with E-state index in [-0.39, 0.29) is 5.91 Å². The molecule has 2 rings (SSSR count). The zero-order valence-electron chi connectivity index (χ0n) is 10.9. The van der Waals surface area contributed by atoms with Crippen molar-refractivity contribution in [1.29, 1.82) is 0 Å². The van der Waals surface area contributed by atoms with Crippen LogP contribution in [0.1, 0.15) is 49.9 Å². The van der Waals surface area contributed by atoms with Crippen molar-refractivity contribution in [1.82, 2.24) is 10.3 Å². The van der Waals surface area contributed by atoms with Gasteiger partial charge >= 0.3 is 0 Å². The standard InChI is InChI=1S/C14H19BrN2O/c1-14(2)7-3-4-11(8-14)17-13(18)10-5-6-12(15)16-9-10/h5-6,9,11H,3-4,7-8H2,1-2H3,(H,17,18). The van der Waals surface area contributed by atoms with Crippen LogP contribution in [-0.4, -0.2) is 16.9 Å². The highest BCUT2D eigenvalue weighted by Gasteiger charge is 2.28. The summed E-state index contributed by atoms with van der Waals surface area (Å²) in [5.74, 6) is -0.0160. The lowest BCUT2D eigenvalue weighted by Gasteiger charge is -2.35. The van der Waals surface area contributed by atoms with Crippen LogP contribution in [0.5, 0.6) is 0 Å². The van der Waals surface area contributed by atoms with Gasteiger partial charge in [-0.2, -0.15) is 0 Å². The minimum atomic E-state index is -0.0160. The van der Waals surface area contributed by atoms with Gasteiger partial charge in [-0.15, -0.1) is 0 Å². The predicted molar refractivity (Wildman–Crippen MR) is 75.4 cm³/mol. The Morgan fingerprint density at radius 2 is 2.28 bits per heavy atom. The molecule has 1 heterocycles. The van der Waals surface area contributed by atoms with Crippen LogP contribution < -0.4 is 5.32 Å². The van der Waals surface area contributed by atoms with Gasteiger partial charge in [0.05, 0.1) is 5.56 Å². The number of carbonyl (C=O) groups excluding carboxylic acids is 1. The largest absolute Gasteiger partial charge is 0.349 e. The van der Waals surface area contributed by atoms with Crippen LogP contribution in [0, 0.1) is 5.41 Å². The molecule has 1 aromatic heterocycles. The quantitative estimate of drug-likeness (QED) is 0.849. The number of aromatic nitrogens is 1. The van der Waals surface area contributed by atoms with Gasteiger partial charge in [0.15, 0.2) is 0 Å². The monoisotopic (exact) mass is 310 g/mol. The summed E-state index contributed by atoms with van der Waals surface area (Å²) in [6.45, 7) is 4.54. The zero-order chi connectivity index (χ0) is 13.2. The Hall–Kier alpha value is -0.900. The lowest BCUT2D eigenvalue weighted by atomic mass is 9.75. The van der Waals surface area contributed by atoms with Crippen molar-refractivity contribution < 1.29 is 4.79 Å². The van der Waals surface area contributed by atoms with E-state index in [9.17, 15) is 4.79 Å². The lowest BCUT2D eigenvalue weighted by Crippen LogP contribution is -2.40. The summed E-state index contributed by atoms with van der Waals surface area (Å²) in [7, 11) is 0. The summed E-state index contributed by atoms with van der Waals surface area (Å²) >= 11 is 3.27. The predicted octanol–water partition coefficient (Wildman–Crippen LogP) is 3.54. The topological polar surface area (TPSA) is 42.0 Å². The van der Waals surface area contributed by atoms with E-state index in [1.165, 1.54) is 12.8 Å². The van der Waals surface area contributed by atoms with E-state index in [4.69, 9.17) is 0 Å². The molecule has 0 radical (unpaired) electrons. The van der Waals surface area contributed by atoms with Crippen molar-refractivity contribution in [3.05, 3.63) is 28.5 Å². The molecule has 1 aliphatic carbocycles. The summed E-state index contributed by atoms with van der Waals surface area (Å²) in [5, 5.41) is 3.12. The molecule has 1 aromatic rings. The maximum absolute atomic E-state index is 12.1. The highest BCUT2D eigenvalue weighted by molar-refractivity contribution is 9.10. The van der Waals surface area contributed by atoms with Gasteiger partial charge in [0.2, 0.25) is 0 Å².